The van der Waals surface area contributed by atoms with Gasteiger partial charge >= 0.3 is 12.1 Å². The summed E-state index contributed by atoms with van der Waals surface area (Å²) in [4.78, 5) is 25.2. The minimum Gasteiger partial charge on any atom is -0.481 e. The van der Waals surface area contributed by atoms with Crippen LogP contribution in [0, 0.1) is 11.3 Å². The zero-order valence-electron chi connectivity index (χ0n) is 11.8. The van der Waals surface area contributed by atoms with Crippen LogP contribution in [0.2, 0.25) is 0 Å². The van der Waals surface area contributed by atoms with Crippen molar-refractivity contribution in [1.29, 1.82) is 0 Å². The van der Waals surface area contributed by atoms with Gasteiger partial charge in [-0.15, -0.1) is 0 Å². The van der Waals surface area contributed by atoms with Gasteiger partial charge in [-0.1, -0.05) is 30.3 Å². The zero-order chi connectivity index (χ0) is 14.9. The molecule has 2 fully saturated rings. The van der Waals surface area contributed by atoms with Gasteiger partial charge in [0.1, 0.15) is 6.61 Å². The quantitative estimate of drug-likeness (QED) is 0.925. The summed E-state index contributed by atoms with van der Waals surface area (Å²) in [5.74, 6) is -0.551. The number of carbonyl (C=O) groups excluding carboxylic acids is 1. The third-order valence-electron chi connectivity index (χ3n) is 4.55. The number of nitrogens with zero attached hydrogens (tertiary/aromatic N) is 1. The second-order valence-electron chi connectivity index (χ2n) is 5.95. The fourth-order valence-corrected chi connectivity index (χ4v) is 3.12. The second-order valence-corrected chi connectivity index (χ2v) is 5.95. The lowest BCUT2D eigenvalue weighted by Gasteiger charge is -2.24. The molecule has 1 unspecified atom stereocenters. The molecule has 0 spiro atoms. The van der Waals surface area contributed by atoms with Crippen molar-refractivity contribution < 1.29 is 19.4 Å². The number of hydrogen-bond acceptors (Lipinski definition) is 3. The van der Waals surface area contributed by atoms with E-state index in [2.05, 4.69) is 0 Å². The van der Waals surface area contributed by atoms with Crippen molar-refractivity contribution in [2.24, 2.45) is 11.3 Å². The summed E-state index contributed by atoms with van der Waals surface area (Å²) in [6.07, 6.45) is 2.04. The summed E-state index contributed by atoms with van der Waals surface area (Å²) >= 11 is 0. The lowest BCUT2D eigenvalue weighted by molar-refractivity contribution is -0.149. The van der Waals surface area contributed by atoms with Gasteiger partial charge in [0.25, 0.3) is 0 Å². The summed E-state index contributed by atoms with van der Waals surface area (Å²) in [6.45, 7) is 0.969. The maximum Gasteiger partial charge on any atom is 0.410 e. The van der Waals surface area contributed by atoms with Crippen molar-refractivity contribution in [3.05, 3.63) is 35.9 Å². The number of rotatable bonds is 4. The molecule has 0 bridgehead atoms. The average Bonchev–Trinajstić information content (AvgIpc) is 3.25. The van der Waals surface area contributed by atoms with E-state index in [9.17, 15) is 14.7 Å². The fourth-order valence-electron chi connectivity index (χ4n) is 3.12. The number of likely N-dealkylation sites (tertiary alicyclic amines) is 1. The summed E-state index contributed by atoms with van der Waals surface area (Å²) in [5.41, 5.74) is 0.183. The van der Waals surface area contributed by atoms with Crippen LogP contribution in [0.15, 0.2) is 30.3 Å². The minimum atomic E-state index is -0.775. The van der Waals surface area contributed by atoms with Gasteiger partial charge in [0, 0.05) is 13.1 Å². The molecular formula is C16H19NO4. The first kappa shape index (κ1) is 13.9. The lowest BCUT2D eigenvalue weighted by atomic mass is 9.82. The van der Waals surface area contributed by atoms with Crippen molar-refractivity contribution >= 4 is 12.1 Å². The molecule has 112 valence electrons. The van der Waals surface area contributed by atoms with Crippen LogP contribution in [0.3, 0.4) is 0 Å². The Morgan fingerprint density at radius 3 is 2.62 bits per heavy atom. The van der Waals surface area contributed by atoms with Gasteiger partial charge in [-0.25, -0.2) is 4.79 Å². The lowest BCUT2D eigenvalue weighted by Crippen LogP contribution is -2.38. The monoisotopic (exact) mass is 289 g/mol. The molecule has 1 saturated heterocycles. The average molecular weight is 289 g/mol. The topological polar surface area (TPSA) is 66.8 Å². The molecule has 1 heterocycles. The van der Waals surface area contributed by atoms with Gasteiger partial charge in [-0.05, 0) is 30.7 Å². The van der Waals surface area contributed by atoms with E-state index in [1.165, 1.54) is 4.90 Å². The third-order valence-corrected chi connectivity index (χ3v) is 4.55. The second kappa shape index (κ2) is 5.39. The van der Waals surface area contributed by atoms with E-state index in [1.807, 2.05) is 30.3 Å². The van der Waals surface area contributed by atoms with E-state index in [0.29, 0.717) is 13.0 Å². The highest BCUT2D eigenvalue weighted by molar-refractivity contribution is 5.78. The van der Waals surface area contributed by atoms with Crippen molar-refractivity contribution in [1.82, 2.24) is 4.90 Å². The van der Waals surface area contributed by atoms with Crippen LogP contribution >= 0.6 is 0 Å². The van der Waals surface area contributed by atoms with Crippen LogP contribution in [0.4, 0.5) is 4.79 Å². The Bertz CT molecular complexity index is 540. The molecule has 21 heavy (non-hydrogen) atoms. The van der Waals surface area contributed by atoms with Crippen molar-refractivity contribution in [2.45, 2.75) is 25.9 Å². The van der Waals surface area contributed by atoms with Gasteiger partial charge in [0.2, 0.25) is 0 Å². The number of amides is 1. The number of carboxylic acids is 1. The Balaban J connectivity index is 1.58. The number of carboxylic acid groups (broad SMARTS) is 1. The molecule has 1 atom stereocenters. The van der Waals surface area contributed by atoms with Crippen LogP contribution in [0.1, 0.15) is 24.8 Å². The van der Waals surface area contributed by atoms with Gasteiger partial charge in [0.05, 0.1) is 5.41 Å². The SMILES string of the molecule is O=C(OCc1ccccc1)N1CCC(C(=O)O)(C2CC2)C1. The fraction of sp³-hybridized carbons (Fsp3) is 0.500. The van der Waals surface area contributed by atoms with Crippen LogP contribution in [-0.2, 0) is 16.1 Å². The highest BCUT2D eigenvalue weighted by Crippen LogP contribution is 2.51. The Morgan fingerprint density at radius 2 is 2.00 bits per heavy atom. The maximum absolute atomic E-state index is 12.1. The molecule has 1 aromatic rings. The van der Waals surface area contributed by atoms with Gasteiger partial charge in [-0.3, -0.25) is 4.79 Å². The van der Waals surface area contributed by atoms with Crippen molar-refractivity contribution in [3.8, 4) is 0 Å². The molecule has 1 amide bonds. The highest BCUT2D eigenvalue weighted by atomic mass is 16.6. The van der Waals surface area contributed by atoms with Crippen LogP contribution in [0.25, 0.3) is 0 Å². The first-order chi connectivity index (χ1) is 10.1. The molecule has 5 nitrogen and oxygen atoms in total. The van der Waals surface area contributed by atoms with E-state index in [-0.39, 0.29) is 19.1 Å². The molecule has 5 heteroatoms. The molecule has 1 N–H and O–H groups in total. The van der Waals surface area contributed by atoms with Crippen molar-refractivity contribution in [2.75, 3.05) is 13.1 Å². The van der Waals surface area contributed by atoms with Gasteiger partial charge in [-0.2, -0.15) is 0 Å². The summed E-state index contributed by atoms with van der Waals surface area (Å²) in [6, 6.07) is 9.47. The summed E-state index contributed by atoms with van der Waals surface area (Å²) < 4.78 is 5.28. The van der Waals surface area contributed by atoms with Gasteiger partial charge in [0.15, 0.2) is 0 Å². The minimum absolute atomic E-state index is 0.222. The standard InChI is InChI=1S/C16H19NO4/c18-14(19)16(13-6-7-13)8-9-17(11-16)15(20)21-10-12-4-2-1-3-5-12/h1-5,13H,6-11H2,(H,18,19). The molecule has 1 saturated carbocycles. The predicted molar refractivity (Wildman–Crippen MR) is 75.6 cm³/mol. The normalized spacial score (nSPS) is 24.9. The zero-order valence-corrected chi connectivity index (χ0v) is 11.8. The molecular weight excluding hydrogens is 270 g/mol. The maximum atomic E-state index is 12.1. The summed E-state index contributed by atoms with van der Waals surface area (Å²) in [7, 11) is 0. The Hall–Kier alpha value is -2.04. The largest absolute Gasteiger partial charge is 0.481 e. The first-order valence-electron chi connectivity index (χ1n) is 7.31. The Morgan fingerprint density at radius 1 is 1.29 bits per heavy atom. The van der Waals surface area contributed by atoms with E-state index in [1.54, 1.807) is 0 Å². The number of aliphatic carboxylic acids is 1. The third kappa shape index (κ3) is 2.73. The summed E-state index contributed by atoms with van der Waals surface area (Å²) in [5, 5.41) is 9.50. The molecule has 2 aliphatic rings. The molecule has 3 rings (SSSR count). The molecule has 0 aromatic heterocycles. The van der Waals surface area contributed by atoms with Gasteiger partial charge < -0.3 is 14.7 Å². The van der Waals surface area contributed by atoms with Crippen LogP contribution < -0.4 is 0 Å². The van der Waals surface area contributed by atoms with Crippen LogP contribution in [-0.4, -0.2) is 35.2 Å². The number of carbonyl (C=O) groups is 2. The van der Waals surface area contributed by atoms with E-state index >= 15 is 0 Å². The Labute approximate surface area is 123 Å². The smallest absolute Gasteiger partial charge is 0.410 e. The van der Waals surface area contributed by atoms with E-state index in [4.69, 9.17) is 4.74 Å². The highest BCUT2D eigenvalue weighted by Gasteiger charge is 2.55. The Kier molecular flexibility index (Phi) is 3.57. The molecule has 1 aromatic carbocycles. The predicted octanol–water partition coefficient (Wildman–Crippen LogP) is 2.51. The molecule has 1 aliphatic carbocycles. The molecule has 0 radical (unpaired) electrons. The first-order valence-corrected chi connectivity index (χ1v) is 7.31. The van der Waals surface area contributed by atoms with E-state index < -0.39 is 17.5 Å². The van der Waals surface area contributed by atoms with Crippen LogP contribution in [0.5, 0.6) is 0 Å². The number of hydrogen-bond donors (Lipinski definition) is 1. The van der Waals surface area contributed by atoms with Crippen molar-refractivity contribution in [3.63, 3.8) is 0 Å². The van der Waals surface area contributed by atoms with E-state index in [0.717, 1.165) is 18.4 Å². The number of benzene rings is 1. The number of ether oxygens (including phenoxy) is 1. The molecule has 1 aliphatic heterocycles.